The Hall–Kier alpha value is -2.27. The number of carboxylic acid groups (broad SMARTS) is 1. The van der Waals surface area contributed by atoms with Crippen molar-refractivity contribution in [3.63, 3.8) is 0 Å². The molecule has 0 saturated heterocycles. The topological polar surface area (TPSA) is 68.3 Å². The van der Waals surface area contributed by atoms with E-state index in [2.05, 4.69) is 5.16 Å². The van der Waals surface area contributed by atoms with Crippen molar-refractivity contribution in [3.8, 4) is 11.3 Å². The van der Waals surface area contributed by atoms with Gasteiger partial charge in [-0.2, -0.15) is 0 Å². The zero-order valence-electron chi connectivity index (χ0n) is 10.8. The minimum Gasteiger partial charge on any atom is -0.477 e. The van der Waals surface area contributed by atoms with Crippen molar-refractivity contribution in [3.05, 3.63) is 40.7 Å². The van der Waals surface area contributed by atoms with Gasteiger partial charge in [0, 0.05) is 34.2 Å². The molecule has 0 amide bonds. The van der Waals surface area contributed by atoms with E-state index in [4.69, 9.17) is 16.1 Å². The van der Waals surface area contributed by atoms with Crippen molar-refractivity contribution in [1.82, 2.24) is 9.72 Å². The van der Waals surface area contributed by atoms with E-state index in [9.17, 15) is 9.90 Å². The van der Waals surface area contributed by atoms with Crippen LogP contribution in [0.3, 0.4) is 0 Å². The number of nitrogens with zero attached hydrogens (tertiary/aromatic N) is 2. The maximum absolute atomic E-state index is 11.2. The van der Waals surface area contributed by atoms with Crippen molar-refractivity contribution in [2.45, 2.75) is 6.92 Å². The predicted molar refractivity (Wildman–Crippen MR) is 75.1 cm³/mol. The number of rotatable bonds is 2. The Bertz CT molecular complexity index is 832. The van der Waals surface area contributed by atoms with Crippen LogP contribution in [0.25, 0.3) is 22.2 Å². The molecule has 0 bridgehead atoms. The lowest BCUT2D eigenvalue weighted by Crippen LogP contribution is -1.97. The molecular formula is C14H11ClN2O3. The van der Waals surface area contributed by atoms with Crippen LogP contribution in [0.5, 0.6) is 0 Å². The fourth-order valence-corrected chi connectivity index (χ4v) is 2.58. The Morgan fingerprint density at radius 3 is 2.90 bits per heavy atom. The van der Waals surface area contributed by atoms with E-state index in [1.807, 2.05) is 24.6 Å². The first-order valence-corrected chi connectivity index (χ1v) is 6.31. The van der Waals surface area contributed by atoms with Gasteiger partial charge in [0.25, 0.3) is 0 Å². The molecule has 0 aliphatic rings. The number of aryl methyl sites for hydroxylation is 1. The van der Waals surface area contributed by atoms with E-state index >= 15 is 0 Å². The molecule has 102 valence electrons. The molecule has 0 aliphatic heterocycles. The second-order valence-corrected chi connectivity index (χ2v) is 4.99. The molecule has 20 heavy (non-hydrogen) atoms. The van der Waals surface area contributed by atoms with Gasteiger partial charge in [-0.05, 0) is 25.1 Å². The molecule has 6 heteroatoms. The normalized spacial score (nSPS) is 11.2. The van der Waals surface area contributed by atoms with E-state index in [1.165, 1.54) is 6.20 Å². The van der Waals surface area contributed by atoms with Crippen molar-refractivity contribution in [2.75, 3.05) is 0 Å². The molecule has 3 rings (SSSR count). The van der Waals surface area contributed by atoms with Crippen LogP contribution in [0.15, 0.2) is 28.9 Å². The molecule has 0 aliphatic carbocycles. The quantitative estimate of drug-likeness (QED) is 0.784. The number of hydrogen-bond acceptors (Lipinski definition) is 3. The second kappa shape index (κ2) is 4.38. The summed E-state index contributed by atoms with van der Waals surface area (Å²) in [7, 11) is 1.91. The van der Waals surface area contributed by atoms with Gasteiger partial charge in [-0.25, -0.2) is 4.79 Å². The molecule has 0 fully saturated rings. The van der Waals surface area contributed by atoms with Crippen LogP contribution in [0.1, 0.15) is 16.1 Å². The van der Waals surface area contributed by atoms with Gasteiger partial charge in [0.2, 0.25) is 0 Å². The van der Waals surface area contributed by atoms with Gasteiger partial charge in [0.1, 0.15) is 5.56 Å². The zero-order valence-corrected chi connectivity index (χ0v) is 11.6. The Labute approximate surface area is 119 Å². The lowest BCUT2D eigenvalue weighted by Gasteiger charge is -1.99. The fraction of sp³-hybridized carbons (Fsp3) is 0.143. The average molecular weight is 291 g/mol. The molecule has 1 N–H and O–H groups in total. The third kappa shape index (κ3) is 1.71. The largest absolute Gasteiger partial charge is 0.477 e. The smallest absolute Gasteiger partial charge is 0.341 e. The summed E-state index contributed by atoms with van der Waals surface area (Å²) in [5.74, 6) is -0.817. The van der Waals surface area contributed by atoms with Crippen molar-refractivity contribution in [1.29, 1.82) is 0 Å². The third-order valence-corrected chi connectivity index (χ3v) is 3.72. The SMILES string of the molecule is Cc1c(-c2oncc2C(=O)O)c2cc(Cl)ccc2n1C. The summed E-state index contributed by atoms with van der Waals surface area (Å²) in [5.41, 5.74) is 2.59. The molecule has 0 spiro atoms. The summed E-state index contributed by atoms with van der Waals surface area (Å²) in [6, 6.07) is 5.49. The number of carbonyl (C=O) groups is 1. The fourth-order valence-electron chi connectivity index (χ4n) is 2.40. The third-order valence-electron chi connectivity index (χ3n) is 3.48. The summed E-state index contributed by atoms with van der Waals surface area (Å²) in [5, 5.41) is 14.2. The molecule has 2 heterocycles. The number of halogens is 1. The van der Waals surface area contributed by atoms with E-state index in [-0.39, 0.29) is 11.3 Å². The van der Waals surface area contributed by atoms with Crippen molar-refractivity contribution in [2.24, 2.45) is 7.05 Å². The van der Waals surface area contributed by atoms with Gasteiger partial charge in [-0.1, -0.05) is 16.8 Å². The van der Waals surface area contributed by atoms with Crippen molar-refractivity contribution < 1.29 is 14.4 Å². The molecule has 5 nitrogen and oxygen atoms in total. The van der Waals surface area contributed by atoms with E-state index in [1.54, 1.807) is 12.1 Å². The monoisotopic (exact) mass is 290 g/mol. The molecule has 3 aromatic rings. The number of hydrogen-bond donors (Lipinski definition) is 1. The van der Waals surface area contributed by atoms with E-state index < -0.39 is 5.97 Å². The predicted octanol–water partition coefficient (Wildman–Crippen LogP) is 3.49. The first-order chi connectivity index (χ1) is 9.50. The highest BCUT2D eigenvalue weighted by Crippen LogP contribution is 2.37. The highest BCUT2D eigenvalue weighted by Gasteiger charge is 2.23. The molecule has 0 radical (unpaired) electrons. The molecule has 1 aromatic carbocycles. The molecule has 0 atom stereocenters. The van der Waals surface area contributed by atoms with Crippen molar-refractivity contribution >= 4 is 28.5 Å². The highest BCUT2D eigenvalue weighted by atomic mass is 35.5. The summed E-state index contributed by atoms with van der Waals surface area (Å²) in [4.78, 5) is 11.2. The standard InChI is InChI=1S/C14H11ClN2O3/c1-7-12(13-10(14(18)19)6-16-20-13)9-5-8(15)3-4-11(9)17(7)2/h3-6H,1-2H3,(H,18,19). The summed E-state index contributed by atoms with van der Waals surface area (Å²) in [6.45, 7) is 1.90. The number of carboxylic acids is 1. The van der Waals surface area contributed by atoms with Crippen LogP contribution in [-0.2, 0) is 7.05 Å². The Morgan fingerprint density at radius 2 is 2.20 bits per heavy atom. The van der Waals surface area contributed by atoms with Crippen LogP contribution in [0.4, 0.5) is 0 Å². The molecule has 2 aromatic heterocycles. The summed E-state index contributed by atoms with van der Waals surface area (Å²) >= 11 is 6.04. The van der Waals surface area contributed by atoms with Gasteiger partial charge in [-0.15, -0.1) is 0 Å². The number of fused-ring (bicyclic) bond motifs is 1. The van der Waals surface area contributed by atoms with Crippen LogP contribution in [-0.4, -0.2) is 20.8 Å². The van der Waals surface area contributed by atoms with Gasteiger partial charge in [-0.3, -0.25) is 0 Å². The molecule has 0 saturated carbocycles. The average Bonchev–Trinajstić information content (AvgIpc) is 2.95. The molecule has 0 unspecified atom stereocenters. The first kappa shape index (κ1) is 12.7. The number of benzene rings is 1. The lowest BCUT2D eigenvalue weighted by molar-refractivity contribution is 0.0697. The Kier molecular flexibility index (Phi) is 2.79. The number of aromatic nitrogens is 2. The second-order valence-electron chi connectivity index (χ2n) is 4.55. The minimum absolute atomic E-state index is 0.0422. The van der Waals surface area contributed by atoms with Crippen LogP contribution < -0.4 is 0 Å². The van der Waals surface area contributed by atoms with Gasteiger partial charge in [0.15, 0.2) is 5.76 Å². The Balaban J connectivity index is 2.41. The van der Waals surface area contributed by atoms with Gasteiger partial charge in [0.05, 0.1) is 6.20 Å². The minimum atomic E-state index is -1.07. The maximum Gasteiger partial charge on any atom is 0.341 e. The summed E-state index contributed by atoms with van der Waals surface area (Å²) < 4.78 is 7.13. The highest BCUT2D eigenvalue weighted by molar-refractivity contribution is 6.31. The molecular weight excluding hydrogens is 280 g/mol. The van der Waals surface area contributed by atoms with Crippen LogP contribution in [0, 0.1) is 6.92 Å². The van der Waals surface area contributed by atoms with E-state index in [0.717, 1.165) is 16.6 Å². The van der Waals surface area contributed by atoms with Gasteiger partial charge >= 0.3 is 5.97 Å². The Morgan fingerprint density at radius 1 is 1.45 bits per heavy atom. The van der Waals surface area contributed by atoms with E-state index in [0.29, 0.717) is 10.6 Å². The summed E-state index contributed by atoms with van der Waals surface area (Å²) in [6.07, 6.45) is 1.21. The van der Waals surface area contributed by atoms with Gasteiger partial charge < -0.3 is 14.2 Å². The van der Waals surface area contributed by atoms with Crippen LogP contribution >= 0.6 is 11.6 Å². The van der Waals surface area contributed by atoms with Crippen LogP contribution in [0.2, 0.25) is 5.02 Å². The maximum atomic E-state index is 11.2. The first-order valence-electron chi connectivity index (χ1n) is 5.93. The lowest BCUT2D eigenvalue weighted by atomic mass is 10.1. The zero-order chi connectivity index (χ0) is 14.4. The number of aromatic carboxylic acids is 1.